The van der Waals surface area contributed by atoms with Gasteiger partial charge in [0.25, 0.3) is 0 Å². The highest BCUT2D eigenvalue weighted by Gasteiger charge is 2.34. The largest absolute Gasteiger partial charge is 0.489 e. The van der Waals surface area contributed by atoms with Gasteiger partial charge in [0, 0.05) is 16.3 Å². The van der Waals surface area contributed by atoms with Crippen molar-refractivity contribution in [3.05, 3.63) is 69.3 Å². The normalized spacial score (nSPS) is 15.1. The molecule has 1 aliphatic carbocycles. The van der Waals surface area contributed by atoms with E-state index in [0.29, 0.717) is 17.0 Å². The van der Waals surface area contributed by atoms with Crippen LogP contribution < -0.4 is 15.8 Å². The van der Waals surface area contributed by atoms with Crippen LogP contribution in [0.3, 0.4) is 0 Å². The summed E-state index contributed by atoms with van der Waals surface area (Å²) in [5, 5.41) is 2.92. The molecule has 2 aliphatic rings. The minimum absolute atomic E-state index is 0.0447. The molecule has 0 saturated carbocycles. The van der Waals surface area contributed by atoms with Gasteiger partial charge in [-0.25, -0.2) is 19.2 Å². The second-order valence-corrected chi connectivity index (χ2v) is 8.09. The molecule has 2 amide bonds. The lowest BCUT2D eigenvalue weighted by Gasteiger charge is -2.18. The monoisotopic (exact) mass is 515 g/mol. The molecule has 1 aromatic heterocycles. The average Bonchev–Trinajstić information content (AvgIpc) is 3.13. The van der Waals surface area contributed by atoms with Gasteiger partial charge in [0.05, 0.1) is 35.1 Å². The first kappa shape index (κ1) is 23.8. The van der Waals surface area contributed by atoms with E-state index in [1.807, 2.05) is 0 Å². The molecule has 3 N–H and O–H groups in total. The SMILES string of the molecule is Nc1nc2c(c(-c3c(Cl)cc(Cl)cc3OC/C=C(/F)C(F)(F)F)n1)CN(C(=O)NC1=CC=C1)C2. The van der Waals surface area contributed by atoms with Crippen LogP contribution in [0, 0.1) is 0 Å². The maximum Gasteiger partial charge on any atom is 0.442 e. The summed E-state index contributed by atoms with van der Waals surface area (Å²) in [6.07, 6.45) is 0.357. The van der Waals surface area contributed by atoms with Crippen molar-refractivity contribution in [2.75, 3.05) is 12.3 Å². The number of urea groups is 1. The van der Waals surface area contributed by atoms with Gasteiger partial charge in [0.1, 0.15) is 12.4 Å². The molecule has 13 heteroatoms. The molecule has 178 valence electrons. The number of hydrogen-bond acceptors (Lipinski definition) is 5. The van der Waals surface area contributed by atoms with Gasteiger partial charge in [-0.3, -0.25) is 0 Å². The van der Waals surface area contributed by atoms with Crippen LogP contribution >= 0.6 is 23.2 Å². The van der Waals surface area contributed by atoms with Crippen LogP contribution in [0.1, 0.15) is 11.3 Å². The molecule has 4 rings (SSSR count). The number of nitrogens with two attached hydrogens (primary N) is 1. The standard InChI is InChI=1S/C21H15Cl2F4N5O2/c22-10-6-13(23)17(15(7-10)34-5-4-16(24)21(25,26)27)18-12-8-32(9-14(12)30-19(28)31-18)20(33)29-11-2-1-3-11/h1-4,6-7H,5,8-9H2,(H,29,33)(H2,28,30,31)/b16-4+. The fraction of sp³-hybridized carbons (Fsp3) is 0.190. The van der Waals surface area contributed by atoms with Crippen LogP contribution in [0.25, 0.3) is 11.3 Å². The number of amides is 2. The number of alkyl halides is 3. The maximum absolute atomic E-state index is 13.2. The van der Waals surface area contributed by atoms with Crippen LogP contribution in [0.2, 0.25) is 10.0 Å². The van der Waals surface area contributed by atoms with E-state index in [9.17, 15) is 22.4 Å². The summed E-state index contributed by atoms with van der Waals surface area (Å²) in [5.41, 5.74) is 7.90. The Morgan fingerprint density at radius 3 is 2.65 bits per heavy atom. The lowest BCUT2D eigenvalue weighted by Crippen LogP contribution is -2.36. The maximum atomic E-state index is 13.2. The third kappa shape index (κ3) is 4.95. The number of benzene rings is 1. The first-order valence-electron chi connectivity index (χ1n) is 9.67. The van der Waals surface area contributed by atoms with Gasteiger partial charge in [0.2, 0.25) is 11.8 Å². The van der Waals surface area contributed by atoms with E-state index >= 15 is 0 Å². The summed E-state index contributed by atoms with van der Waals surface area (Å²) in [4.78, 5) is 22.5. The molecule has 0 fully saturated rings. The molecule has 1 aliphatic heterocycles. The van der Waals surface area contributed by atoms with Gasteiger partial charge < -0.3 is 20.7 Å². The topological polar surface area (TPSA) is 93.4 Å². The molecule has 2 aromatic rings. The van der Waals surface area contributed by atoms with E-state index in [1.165, 1.54) is 17.0 Å². The van der Waals surface area contributed by atoms with Crippen molar-refractivity contribution >= 4 is 35.2 Å². The van der Waals surface area contributed by atoms with Crippen LogP contribution in [-0.4, -0.2) is 33.7 Å². The molecule has 0 unspecified atom stereocenters. The van der Waals surface area contributed by atoms with Crippen molar-refractivity contribution in [3.63, 3.8) is 0 Å². The molecule has 34 heavy (non-hydrogen) atoms. The van der Waals surface area contributed by atoms with E-state index in [1.54, 1.807) is 18.2 Å². The number of aromatic nitrogens is 2. The Bertz CT molecular complexity index is 1260. The fourth-order valence-corrected chi connectivity index (χ4v) is 3.88. The lowest BCUT2D eigenvalue weighted by molar-refractivity contribution is -0.109. The number of fused-ring (bicyclic) bond motifs is 1. The summed E-state index contributed by atoms with van der Waals surface area (Å²) in [5.74, 6) is -2.45. The van der Waals surface area contributed by atoms with Gasteiger partial charge in [-0.05, 0) is 30.4 Å². The number of rotatable bonds is 5. The Balaban J connectivity index is 1.67. The van der Waals surface area contributed by atoms with Crippen molar-refractivity contribution in [1.82, 2.24) is 20.2 Å². The number of allylic oxidation sites excluding steroid dienone is 4. The zero-order valence-corrected chi connectivity index (χ0v) is 18.6. The highest BCUT2D eigenvalue weighted by atomic mass is 35.5. The lowest BCUT2D eigenvalue weighted by atomic mass is 10.0. The minimum Gasteiger partial charge on any atom is -0.489 e. The molecule has 1 aromatic carbocycles. The molecule has 0 bridgehead atoms. The number of nitrogens with zero attached hydrogens (tertiary/aromatic N) is 3. The van der Waals surface area contributed by atoms with E-state index in [2.05, 4.69) is 15.3 Å². The minimum atomic E-state index is -5.13. The first-order chi connectivity index (χ1) is 16.0. The Morgan fingerprint density at radius 2 is 2.00 bits per heavy atom. The van der Waals surface area contributed by atoms with Crippen LogP contribution in [-0.2, 0) is 13.1 Å². The number of carbonyl (C=O) groups is 1. The van der Waals surface area contributed by atoms with Crippen molar-refractivity contribution in [2.24, 2.45) is 0 Å². The van der Waals surface area contributed by atoms with Crippen LogP contribution in [0.4, 0.5) is 28.3 Å². The zero-order chi connectivity index (χ0) is 24.6. The number of anilines is 1. The second kappa shape index (κ2) is 9.15. The number of carbonyl (C=O) groups excluding carboxylic acids is 1. The Hall–Kier alpha value is -3.31. The summed E-state index contributed by atoms with van der Waals surface area (Å²) in [6, 6.07) is 2.32. The fourth-order valence-electron chi connectivity index (χ4n) is 3.32. The number of nitrogen functional groups attached to an aromatic ring is 1. The molecule has 7 nitrogen and oxygen atoms in total. The van der Waals surface area contributed by atoms with Gasteiger partial charge in [0.15, 0.2) is 0 Å². The van der Waals surface area contributed by atoms with Gasteiger partial charge in [-0.15, -0.1) is 0 Å². The summed E-state index contributed by atoms with van der Waals surface area (Å²) in [6.45, 7) is -0.511. The third-order valence-corrected chi connectivity index (χ3v) is 5.43. The van der Waals surface area contributed by atoms with Crippen molar-refractivity contribution in [3.8, 4) is 17.0 Å². The summed E-state index contributed by atoms with van der Waals surface area (Å²) in [7, 11) is 0. The third-order valence-electron chi connectivity index (χ3n) is 4.92. The van der Waals surface area contributed by atoms with E-state index in [0.717, 1.165) is 0 Å². The second-order valence-electron chi connectivity index (χ2n) is 7.24. The summed E-state index contributed by atoms with van der Waals surface area (Å²) < 4.78 is 55.9. The molecule has 2 heterocycles. The highest BCUT2D eigenvalue weighted by molar-refractivity contribution is 6.37. The quantitative estimate of drug-likeness (QED) is 0.526. The van der Waals surface area contributed by atoms with E-state index in [-0.39, 0.29) is 58.2 Å². The predicted octanol–water partition coefficient (Wildman–Crippen LogP) is 5.31. The van der Waals surface area contributed by atoms with Crippen LogP contribution in [0.15, 0.2) is 48.0 Å². The van der Waals surface area contributed by atoms with Crippen LogP contribution in [0.5, 0.6) is 5.75 Å². The van der Waals surface area contributed by atoms with Crippen molar-refractivity contribution in [2.45, 2.75) is 19.3 Å². The molecule has 0 radical (unpaired) electrons. The van der Waals surface area contributed by atoms with Gasteiger partial charge >= 0.3 is 12.2 Å². The average molecular weight is 516 g/mol. The summed E-state index contributed by atoms with van der Waals surface area (Å²) >= 11 is 12.4. The Kier molecular flexibility index (Phi) is 6.41. The van der Waals surface area contributed by atoms with Crippen molar-refractivity contribution < 1.29 is 27.1 Å². The first-order valence-corrected chi connectivity index (χ1v) is 10.4. The zero-order valence-electron chi connectivity index (χ0n) is 17.1. The van der Waals surface area contributed by atoms with Crippen molar-refractivity contribution in [1.29, 1.82) is 0 Å². The van der Waals surface area contributed by atoms with E-state index in [4.69, 9.17) is 33.7 Å². The number of halogens is 6. The molecule has 0 spiro atoms. The molecular weight excluding hydrogens is 501 g/mol. The number of ether oxygens (including phenoxy) is 1. The van der Waals surface area contributed by atoms with E-state index < -0.39 is 18.6 Å². The van der Waals surface area contributed by atoms with Gasteiger partial charge in [-0.2, -0.15) is 13.2 Å². The molecule has 0 saturated heterocycles. The Labute approximate surface area is 200 Å². The molecular formula is C21H15Cl2F4N5O2. The highest BCUT2D eigenvalue weighted by Crippen LogP contribution is 2.42. The number of nitrogens with one attached hydrogen (secondary N) is 1. The smallest absolute Gasteiger partial charge is 0.442 e. The number of hydrogen-bond donors (Lipinski definition) is 2. The van der Waals surface area contributed by atoms with Gasteiger partial charge in [-0.1, -0.05) is 29.3 Å². The molecule has 0 atom stereocenters. The predicted molar refractivity (Wildman–Crippen MR) is 118 cm³/mol. The Morgan fingerprint density at radius 1 is 1.26 bits per heavy atom.